The second-order valence-electron chi connectivity index (χ2n) is 6.60. The SMILES string of the molecule is Cc1cc(O)c(-c2ccc(NCCCN)cc2)c2c1[nH]c(=O)c1sccc12. The van der Waals surface area contributed by atoms with E-state index in [0.29, 0.717) is 11.2 Å². The third-order valence-corrected chi connectivity index (χ3v) is 5.68. The number of hydrogen-bond acceptors (Lipinski definition) is 5. The summed E-state index contributed by atoms with van der Waals surface area (Å²) < 4.78 is 0.675. The monoisotopic (exact) mass is 379 g/mol. The Morgan fingerprint density at radius 3 is 2.74 bits per heavy atom. The summed E-state index contributed by atoms with van der Waals surface area (Å²) in [6.45, 7) is 3.37. The highest BCUT2D eigenvalue weighted by molar-refractivity contribution is 7.17. The minimum absolute atomic E-state index is 0.0910. The molecule has 5 N–H and O–H groups in total. The molecule has 27 heavy (non-hydrogen) atoms. The van der Waals surface area contributed by atoms with Crippen molar-refractivity contribution in [2.45, 2.75) is 13.3 Å². The molecule has 138 valence electrons. The first kappa shape index (κ1) is 17.6. The number of phenols is 1. The molecule has 6 heteroatoms. The molecule has 0 aliphatic carbocycles. The standard InChI is InChI=1S/C21H21N3O2S/c1-12-11-16(25)17(13-3-5-14(6-4-13)23-9-2-8-22)18-15-7-10-27-20(15)21(26)24-19(12)18/h3-7,10-11,23,25H,2,8-9,22H2,1H3,(H,24,26). The summed E-state index contributed by atoms with van der Waals surface area (Å²) in [5.74, 6) is 0.211. The molecule has 0 unspecified atom stereocenters. The number of nitrogens with two attached hydrogens (primary N) is 1. The quantitative estimate of drug-likeness (QED) is 0.391. The molecule has 5 nitrogen and oxygen atoms in total. The van der Waals surface area contributed by atoms with Gasteiger partial charge in [-0.15, -0.1) is 11.3 Å². The van der Waals surface area contributed by atoms with E-state index in [2.05, 4.69) is 10.3 Å². The van der Waals surface area contributed by atoms with Gasteiger partial charge in [-0.2, -0.15) is 0 Å². The molecule has 0 spiro atoms. The van der Waals surface area contributed by atoms with Gasteiger partial charge in [0.15, 0.2) is 0 Å². The summed E-state index contributed by atoms with van der Waals surface area (Å²) in [5.41, 5.74) is 9.70. The number of benzene rings is 2. The van der Waals surface area contributed by atoms with Crippen LogP contribution in [0.5, 0.6) is 5.75 Å². The predicted octanol–water partition coefficient (Wildman–Crippen LogP) is 4.18. The fourth-order valence-corrected chi connectivity index (χ4v) is 4.26. The number of phenolic OH excluding ortho intramolecular Hbond substituents is 1. The summed E-state index contributed by atoms with van der Waals surface area (Å²) in [4.78, 5) is 15.4. The van der Waals surface area contributed by atoms with Crippen LogP contribution in [0.25, 0.3) is 32.1 Å². The maximum atomic E-state index is 12.4. The smallest absolute Gasteiger partial charge is 0.266 e. The number of aromatic amines is 1. The first-order valence-electron chi connectivity index (χ1n) is 8.90. The molecule has 4 aromatic rings. The Balaban J connectivity index is 1.91. The van der Waals surface area contributed by atoms with Crippen molar-refractivity contribution in [3.05, 3.63) is 57.7 Å². The zero-order chi connectivity index (χ0) is 19.0. The van der Waals surface area contributed by atoms with Crippen LogP contribution >= 0.6 is 11.3 Å². The van der Waals surface area contributed by atoms with E-state index in [-0.39, 0.29) is 11.3 Å². The molecule has 0 saturated carbocycles. The Kier molecular flexibility index (Phi) is 4.59. The second-order valence-corrected chi connectivity index (χ2v) is 7.52. The van der Waals surface area contributed by atoms with Crippen LogP contribution in [0.1, 0.15) is 12.0 Å². The van der Waals surface area contributed by atoms with E-state index >= 15 is 0 Å². The Morgan fingerprint density at radius 2 is 2.00 bits per heavy atom. The summed E-state index contributed by atoms with van der Waals surface area (Å²) in [5, 5.41) is 17.7. The van der Waals surface area contributed by atoms with Gasteiger partial charge in [0, 0.05) is 28.6 Å². The van der Waals surface area contributed by atoms with E-state index < -0.39 is 0 Å². The number of aryl methyl sites for hydroxylation is 1. The highest BCUT2D eigenvalue weighted by Gasteiger charge is 2.17. The van der Waals surface area contributed by atoms with Gasteiger partial charge in [-0.1, -0.05) is 12.1 Å². The number of aromatic hydroxyl groups is 1. The van der Waals surface area contributed by atoms with Crippen molar-refractivity contribution < 1.29 is 5.11 Å². The van der Waals surface area contributed by atoms with Gasteiger partial charge < -0.3 is 21.1 Å². The van der Waals surface area contributed by atoms with Crippen LogP contribution in [0, 0.1) is 6.92 Å². The topological polar surface area (TPSA) is 91.1 Å². The van der Waals surface area contributed by atoms with Crippen molar-refractivity contribution >= 4 is 38.0 Å². The first-order valence-corrected chi connectivity index (χ1v) is 9.78. The summed E-state index contributed by atoms with van der Waals surface area (Å²) in [6, 6.07) is 11.6. The summed E-state index contributed by atoms with van der Waals surface area (Å²) in [6.07, 6.45) is 0.911. The molecular weight excluding hydrogens is 358 g/mol. The fourth-order valence-electron chi connectivity index (χ4n) is 3.46. The minimum Gasteiger partial charge on any atom is -0.507 e. The summed E-state index contributed by atoms with van der Waals surface area (Å²) >= 11 is 1.41. The molecule has 0 aliphatic heterocycles. The first-order chi connectivity index (χ1) is 13.1. The third-order valence-electron chi connectivity index (χ3n) is 4.77. The second kappa shape index (κ2) is 7.06. The Labute approximate surface area is 160 Å². The van der Waals surface area contributed by atoms with E-state index in [1.807, 2.05) is 42.6 Å². The van der Waals surface area contributed by atoms with Crippen LogP contribution in [0.2, 0.25) is 0 Å². The lowest BCUT2D eigenvalue weighted by molar-refractivity contribution is 0.477. The Morgan fingerprint density at radius 1 is 1.22 bits per heavy atom. The number of nitrogens with one attached hydrogen (secondary N) is 2. The highest BCUT2D eigenvalue weighted by Crippen LogP contribution is 2.41. The van der Waals surface area contributed by atoms with Crippen LogP contribution in [0.15, 0.2) is 46.6 Å². The number of anilines is 1. The van der Waals surface area contributed by atoms with Crippen molar-refractivity contribution in [2.75, 3.05) is 18.4 Å². The van der Waals surface area contributed by atoms with E-state index in [1.165, 1.54) is 11.3 Å². The third kappa shape index (κ3) is 3.07. The molecular formula is C21H21N3O2S. The van der Waals surface area contributed by atoms with E-state index in [4.69, 9.17) is 5.73 Å². The van der Waals surface area contributed by atoms with Crippen molar-refractivity contribution in [1.29, 1.82) is 0 Å². The average Bonchev–Trinajstić information content (AvgIpc) is 3.15. The average molecular weight is 379 g/mol. The normalized spacial score (nSPS) is 11.3. The van der Waals surface area contributed by atoms with Crippen molar-refractivity contribution in [1.82, 2.24) is 4.98 Å². The fraction of sp³-hybridized carbons (Fsp3) is 0.190. The van der Waals surface area contributed by atoms with Gasteiger partial charge in [0.05, 0.1) is 5.52 Å². The number of thiophene rings is 1. The lowest BCUT2D eigenvalue weighted by Gasteiger charge is -2.14. The van der Waals surface area contributed by atoms with Crippen LogP contribution in [-0.4, -0.2) is 23.2 Å². The molecule has 0 fully saturated rings. The Hall–Kier alpha value is -2.83. The maximum absolute atomic E-state index is 12.4. The largest absolute Gasteiger partial charge is 0.507 e. The van der Waals surface area contributed by atoms with Crippen LogP contribution in [0.3, 0.4) is 0 Å². The van der Waals surface area contributed by atoms with E-state index in [0.717, 1.165) is 51.6 Å². The number of rotatable bonds is 5. The number of hydrogen-bond donors (Lipinski definition) is 4. The van der Waals surface area contributed by atoms with E-state index in [1.54, 1.807) is 6.07 Å². The molecule has 0 atom stereocenters. The van der Waals surface area contributed by atoms with Gasteiger partial charge in [0.1, 0.15) is 10.4 Å². The number of fused-ring (bicyclic) bond motifs is 3. The van der Waals surface area contributed by atoms with Crippen LogP contribution in [0.4, 0.5) is 5.69 Å². The number of pyridine rings is 1. The predicted molar refractivity (Wildman–Crippen MR) is 114 cm³/mol. The maximum Gasteiger partial charge on any atom is 0.266 e. The molecule has 0 aliphatic rings. The Bertz CT molecular complexity index is 1180. The van der Waals surface area contributed by atoms with Crippen LogP contribution < -0.4 is 16.6 Å². The molecule has 2 aromatic carbocycles. The summed E-state index contributed by atoms with van der Waals surface area (Å²) in [7, 11) is 0. The van der Waals surface area contributed by atoms with Crippen LogP contribution in [-0.2, 0) is 0 Å². The van der Waals surface area contributed by atoms with Crippen molar-refractivity contribution in [3.63, 3.8) is 0 Å². The van der Waals surface area contributed by atoms with Crippen molar-refractivity contribution in [2.24, 2.45) is 5.73 Å². The highest BCUT2D eigenvalue weighted by atomic mass is 32.1. The number of H-pyrrole nitrogens is 1. The van der Waals surface area contributed by atoms with Gasteiger partial charge in [-0.25, -0.2) is 0 Å². The van der Waals surface area contributed by atoms with Gasteiger partial charge in [-0.05, 0) is 60.7 Å². The molecule has 2 aromatic heterocycles. The van der Waals surface area contributed by atoms with Gasteiger partial charge in [0.25, 0.3) is 5.56 Å². The molecule has 0 amide bonds. The minimum atomic E-state index is -0.0910. The van der Waals surface area contributed by atoms with E-state index in [9.17, 15) is 9.90 Å². The molecule has 0 saturated heterocycles. The lowest BCUT2D eigenvalue weighted by atomic mass is 9.95. The zero-order valence-electron chi connectivity index (χ0n) is 15.0. The molecule has 4 rings (SSSR count). The number of aromatic nitrogens is 1. The molecule has 0 bridgehead atoms. The van der Waals surface area contributed by atoms with Gasteiger partial charge in [-0.3, -0.25) is 4.79 Å². The molecule has 0 radical (unpaired) electrons. The van der Waals surface area contributed by atoms with Crippen molar-refractivity contribution in [3.8, 4) is 16.9 Å². The zero-order valence-corrected chi connectivity index (χ0v) is 15.8. The van der Waals surface area contributed by atoms with Gasteiger partial charge in [0.2, 0.25) is 0 Å². The van der Waals surface area contributed by atoms with Gasteiger partial charge >= 0.3 is 0 Å². The molecule has 2 heterocycles. The lowest BCUT2D eigenvalue weighted by Crippen LogP contribution is -2.08.